The Kier molecular flexibility index (Phi) is 3.29. The van der Waals surface area contributed by atoms with Crippen LogP contribution in [0.15, 0.2) is 16.7 Å². The second kappa shape index (κ2) is 5.00. The summed E-state index contributed by atoms with van der Waals surface area (Å²) in [5, 5.41) is 0. The summed E-state index contributed by atoms with van der Waals surface area (Å²) in [6.45, 7) is 2.11. The van der Waals surface area contributed by atoms with Crippen molar-refractivity contribution in [2.24, 2.45) is 23.6 Å². The summed E-state index contributed by atoms with van der Waals surface area (Å²) in [4.78, 5) is 37.5. The van der Waals surface area contributed by atoms with Crippen molar-refractivity contribution < 1.29 is 18.8 Å². The van der Waals surface area contributed by atoms with Crippen molar-refractivity contribution in [3.63, 3.8) is 0 Å². The van der Waals surface area contributed by atoms with Gasteiger partial charge in [0.05, 0.1) is 24.6 Å². The molecule has 2 atom stereocenters. The lowest BCUT2D eigenvalue weighted by molar-refractivity contribution is -0.141. The van der Waals surface area contributed by atoms with E-state index in [4.69, 9.17) is 10.3 Å². The first-order valence-electron chi connectivity index (χ1n) is 6.95. The Bertz CT molecular complexity index is 585. The zero-order valence-electron chi connectivity index (χ0n) is 11.7. The van der Waals surface area contributed by atoms with Crippen LogP contribution in [0.1, 0.15) is 35.9 Å². The molecule has 3 N–H and O–H groups in total. The van der Waals surface area contributed by atoms with Crippen LogP contribution >= 0.6 is 0 Å². The van der Waals surface area contributed by atoms with Crippen molar-refractivity contribution in [2.45, 2.75) is 26.3 Å². The molecule has 2 fully saturated rings. The molecule has 3 rings (SSSR count). The summed E-state index contributed by atoms with van der Waals surface area (Å²) in [5.41, 5.74) is 2.46. The van der Waals surface area contributed by atoms with Gasteiger partial charge in [-0.15, -0.1) is 0 Å². The van der Waals surface area contributed by atoms with Crippen LogP contribution in [0.3, 0.4) is 0 Å². The van der Waals surface area contributed by atoms with Gasteiger partial charge in [0.2, 0.25) is 11.8 Å². The molecule has 0 aromatic carbocycles. The summed E-state index contributed by atoms with van der Waals surface area (Å²) in [5.74, 6) is 4.24. The van der Waals surface area contributed by atoms with Crippen LogP contribution in [0.2, 0.25) is 0 Å². The highest BCUT2D eigenvalue weighted by molar-refractivity contribution is 6.05. The molecular weight excluding hydrogens is 274 g/mol. The van der Waals surface area contributed by atoms with Crippen molar-refractivity contribution in [3.8, 4) is 0 Å². The predicted octanol–water partition coefficient (Wildman–Crippen LogP) is 0.414. The molecule has 1 aliphatic heterocycles. The van der Waals surface area contributed by atoms with Crippen LogP contribution in [0.25, 0.3) is 0 Å². The van der Waals surface area contributed by atoms with E-state index in [1.54, 1.807) is 6.07 Å². The number of nitrogens with zero attached hydrogens (tertiary/aromatic N) is 1. The zero-order chi connectivity index (χ0) is 15.1. The molecule has 0 spiro atoms. The van der Waals surface area contributed by atoms with E-state index in [2.05, 4.69) is 6.92 Å². The number of nitrogen functional groups attached to an aromatic ring is 1. The number of furan rings is 1. The van der Waals surface area contributed by atoms with E-state index in [-0.39, 0.29) is 36.0 Å². The molecule has 0 bridgehead atoms. The topological polar surface area (TPSA) is 106 Å². The number of carbonyl (C=O) groups excluding carboxylic acids is 3. The summed E-state index contributed by atoms with van der Waals surface area (Å²) < 4.78 is 5.07. The molecule has 112 valence electrons. The van der Waals surface area contributed by atoms with Crippen molar-refractivity contribution in [2.75, 3.05) is 0 Å². The van der Waals surface area contributed by atoms with Crippen molar-refractivity contribution in [3.05, 3.63) is 23.7 Å². The summed E-state index contributed by atoms with van der Waals surface area (Å²) >= 11 is 0. The van der Waals surface area contributed by atoms with Crippen LogP contribution in [0.4, 0.5) is 0 Å². The molecule has 1 aromatic heterocycles. The predicted molar refractivity (Wildman–Crippen MR) is 71.3 cm³/mol. The van der Waals surface area contributed by atoms with Crippen LogP contribution in [-0.2, 0) is 16.1 Å². The van der Waals surface area contributed by atoms with Gasteiger partial charge in [0.15, 0.2) is 5.76 Å². The SMILES string of the molecule is CC1CC2C(=O)N(Cc3ccoc3C(=O)NN)C(=O)C2C1. The van der Waals surface area contributed by atoms with Gasteiger partial charge in [-0.2, -0.15) is 0 Å². The molecule has 7 nitrogen and oxygen atoms in total. The summed E-state index contributed by atoms with van der Waals surface area (Å²) in [7, 11) is 0. The second-order valence-corrected chi connectivity index (χ2v) is 5.80. The van der Waals surface area contributed by atoms with E-state index in [1.165, 1.54) is 11.2 Å². The Labute approximate surface area is 121 Å². The summed E-state index contributed by atoms with van der Waals surface area (Å²) in [6.07, 6.45) is 2.86. The van der Waals surface area contributed by atoms with Crippen LogP contribution in [-0.4, -0.2) is 22.6 Å². The first-order chi connectivity index (χ1) is 10.0. The minimum absolute atomic E-state index is 0.0310. The third kappa shape index (κ3) is 2.13. The maximum absolute atomic E-state index is 12.4. The van der Waals surface area contributed by atoms with Gasteiger partial charge in [0, 0.05) is 5.56 Å². The number of carbonyl (C=O) groups is 3. The monoisotopic (exact) mass is 291 g/mol. The third-order valence-electron chi connectivity index (χ3n) is 4.38. The average Bonchev–Trinajstić information content (AvgIpc) is 3.12. The van der Waals surface area contributed by atoms with Gasteiger partial charge >= 0.3 is 5.91 Å². The lowest BCUT2D eigenvalue weighted by Gasteiger charge is -2.16. The average molecular weight is 291 g/mol. The van der Waals surface area contributed by atoms with Gasteiger partial charge in [0.1, 0.15) is 0 Å². The van der Waals surface area contributed by atoms with Gasteiger partial charge in [-0.1, -0.05) is 6.92 Å². The highest BCUT2D eigenvalue weighted by atomic mass is 16.3. The van der Waals surface area contributed by atoms with Gasteiger partial charge in [-0.3, -0.25) is 24.7 Å². The maximum Gasteiger partial charge on any atom is 0.301 e. The van der Waals surface area contributed by atoms with E-state index in [0.717, 1.165) is 12.8 Å². The van der Waals surface area contributed by atoms with Gasteiger partial charge in [0.25, 0.3) is 0 Å². The number of nitrogens with two attached hydrogens (primary N) is 1. The smallest absolute Gasteiger partial charge is 0.301 e. The highest BCUT2D eigenvalue weighted by Gasteiger charge is 2.51. The van der Waals surface area contributed by atoms with Crippen LogP contribution in [0.5, 0.6) is 0 Å². The number of imide groups is 1. The minimum atomic E-state index is -0.581. The molecular formula is C14H17N3O4. The fraction of sp³-hybridized carbons (Fsp3) is 0.500. The Hall–Kier alpha value is -2.15. The number of fused-ring (bicyclic) bond motifs is 1. The number of likely N-dealkylation sites (tertiary alicyclic amines) is 1. The van der Waals surface area contributed by atoms with Crippen molar-refractivity contribution >= 4 is 17.7 Å². The molecule has 1 saturated heterocycles. The number of hydrazine groups is 1. The molecule has 0 radical (unpaired) electrons. The fourth-order valence-electron chi connectivity index (χ4n) is 3.40. The largest absolute Gasteiger partial charge is 0.459 e. The van der Waals surface area contributed by atoms with Crippen molar-refractivity contribution in [1.29, 1.82) is 0 Å². The zero-order valence-corrected chi connectivity index (χ0v) is 11.7. The highest BCUT2D eigenvalue weighted by Crippen LogP contribution is 2.43. The quantitative estimate of drug-likeness (QED) is 0.363. The summed E-state index contributed by atoms with van der Waals surface area (Å²) in [6, 6.07) is 1.57. The molecule has 1 aliphatic carbocycles. The standard InChI is InChI=1S/C14H17N3O4/c1-7-4-9-10(5-7)14(20)17(13(9)19)6-8-2-3-21-11(8)12(18)16-15/h2-3,7,9-10H,4-6,15H2,1H3,(H,16,18). The lowest BCUT2D eigenvalue weighted by atomic mass is 10.00. The molecule has 7 heteroatoms. The Morgan fingerprint density at radius 1 is 1.38 bits per heavy atom. The first kappa shape index (κ1) is 13.8. The Morgan fingerprint density at radius 3 is 2.57 bits per heavy atom. The second-order valence-electron chi connectivity index (χ2n) is 5.80. The number of amides is 3. The Morgan fingerprint density at radius 2 is 2.00 bits per heavy atom. The van der Waals surface area contributed by atoms with E-state index in [1.807, 2.05) is 5.43 Å². The minimum Gasteiger partial charge on any atom is -0.459 e. The van der Waals surface area contributed by atoms with E-state index in [0.29, 0.717) is 11.5 Å². The van der Waals surface area contributed by atoms with Gasteiger partial charge < -0.3 is 4.42 Å². The Balaban J connectivity index is 1.81. The molecule has 21 heavy (non-hydrogen) atoms. The third-order valence-corrected chi connectivity index (χ3v) is 4.38. The number of nitrogens with one attached hydrogen (secondary N) is 1. The van der Waals surface area contributed by atoms with Crippen molar-refractivity contribution in [1.82, 2.24) is 10.3 Å². The fourth-order valence-corrected chi connectivity index (χ4v) is 3.40. The molecule has 3 amide bonds. The van der Waals surface area contributed by atoms with E-state index >= 15 is 0 Å². The molecule has 2 heterocycles. The van der Waals surface area contributed by atoms with Crippen LogP contribution < -0.4 is 11.3 Å². The first-order valence-corrected chi connectivity index (χ1v) is 6.95. The maximum atomic E-state index is 12.4. The van der Waals surface area contributed by atoms with Gasteiger partial charge in [-0.25, -0.2) is 5.84 Å². The molecule has 2 unspecified atom stereocenters. The van der Waals surface area contributed by atoms with Gasteiger partial charge in [-0.05, 0) is 24.8 Å². The molecule has 1 aromatic rings. The number of hydrogen-bond acceptors (Lipinski definition) is 5. The molecule has 2 aliphatic rings. The van der Waals surface area contributed by atoms with Crippen LogP contribution in [0, 0.1) is 17.8 Å². The lowest BCUT2D eigenvalue weighted by Crippen LogP contribution is -2.34. The normalized spacial score (nSPS) is 28.1. The number of hydrogen-bond donors (Lipinski definition) is 2. The number of rotatable bonds is 3. The molecule has 1 saturated carbocycles. The van der Waals surface area contributed by atoms with E-state index < -0.39 is 5.91 Å². The van der Waals surface area contributed by atoms with E-state index in [9.17, 15) is 14.4 Å².